The summed E-state index contributed by atoms with van der Waals surface area (Å²) in [6.45, 7) is 6.43. The molecule has 0 aliphatic heterocycles. The highest BCUT2D eigenvalue weighted by Gasteiger charge is 2.35. The lowest BCUT2D eigenvalue weighted by Gasteiger charge is -2.14. The second kappa shape index (κ2) is 5.01. The number of aryl methyl sites for hydroxylation is 3. The highest BCUT2D eigenvalue weighted by atomic mass is 19.4. The molecular weight excluding hydrogens is 285 g/mol. The van der Waals surface area contributed by atoms with E-state index < -0.39 is 23.8 Å². The molecule has 0 aromatic carbocycles. The fraction of sp³-hybridized carbons (Fsp3) is 0.462. The van der Waals surface area contributed by atoms with Gasteiger partial charge in [0.2, 0.25) is 0 Å². The first-order chi connectivity index (χ1) is 9.61. The molecule has 0 bridgehead atoms. The minimum absolute atomic E-state index is 0.268. The van der Waals surface area contributed by atoms with E-state index in [1.165, 1.54) is 18.5 Å². The Hall–Kier alpha value is -2.12. The molecule has 5 nitrogen and oxygen atoms in total. The topological polar surface area (TPSA) is 52.7 Å². The number of alkyl halides is 3. The van der Waals surface area contributed by atoms with Gasteiger partial charge in [0.05, 0.1) is 5.69 Å². The number of halogens is 3. The minimum Gasteiger partial charge on any atom is -0.270 e. The zero-order valence-electron chi connectivity index (χ0n) is 12.1. The molecule has 2 heterocycles. The minimum atomic E-state index is -4.53. The molecule has 0 unspecified atom stereocenters. The van der Waals surface area contributed by atoms with Crippen LogP contribution in [-0.4, -0.2) is 25.5 Å². The lowest BCUT2D eigenvalue weighted by atomic mass is 10.3. The maximum Gasteiger partial charge on any atom is 0.435 e. The molecule has 8 heteroatoms. The van der Waals surface area contributed by atoms with Crippen LogP contribution in [0, 0.1) is 20.8 Å². The van der Waals surface area contributed by atoms with Crippen LogP contribution < -0.4 is 0 Å². The summed E-state index contributed by atoms with van der Waals surface area (Å²) in [7, 11) is 0. The number of hydrogen-bond donors (Lipinski definition) is 0. The van der Waals surface area contributed by atoms with Gasteiger partial charge >= 0.3 is 6.18 Å². The molecule has 2 aromatic rings. The highest BCUT2D eigenvalue weighted by molar-refractivity contribution is 5.82. The summed E-state index contributed by atoms with van der Waals surface area (Å²) in [5.41, 5.74) is 0.559. The Morgan fingerprint density at radius 2 is 1.76 bits per heavy atom. The molecule has 0 aliphatic rings. The van der Waals surface area contributed by atoms with E-state index in [1.807, 2.05) is 0 Å². The SMILES string of the molecule is Cc1cc(C)n(C(=O)[C@H](C)n2nc(C(F)(F)F)cc2C)n1. The van der Waals surface area contributed by atoms with E-state index in [2.05, 4.69) is 10.2 Å². The van der Waals surface area contributed by atoms with E-state index in [0.29, 0.717) is 11.4 Å². The van der Waals surface area contributed by atoms with E-state index in [-0.39, 0.29) is 5.69 Å². The largest absolute Gasteiger partial charge is 0.435 e. The zero-order chi connectivity index (χ0) is 15.9. The van der Waals surface area contributed by atoms with Gasteiger partial charge in [0.15, 0.2) is 5.69 Å². The van der Waals surface area contributed by atoms with Crippen molar-refractivity contribution in [3.05, 3.63) is 34.9 Å². The van der Waals surface area contributed by atoms with Crippen molar-refractivity contribution < 1.29 is 18.0 Å². The molecule has 2 rings (SSSR count). The Bertz CT molecular complexity index is 684. The third kappa shape index (κ3) is 2.84. The second-order valence-electron chi connectivity index (χ2n) is 4.97. The molecule has 0 saturated heterocycles. The van der Waals surface area contributed by atoms with E-state index in [4.69, 9.17) is 0 Å². The number of carbonyl (C=O) groups excluding carboxylic acids is 1. The van der Waals surface area contributed by atoms with Crippen LogP contribution in [0.25, 0.3) is 0 Å². The molecule has 0 fully saturated rings. The Morgan fingerprint density at radius 3 is 2.19 bits per heavy atom. The van der Waals surface area contributed by atoms with Gasteiger partial charge in [-0.2, -0.15) is 23.4 Å². The van der Waals surface area contributed by atoms with Crippen molar-refractivity contribution in [2.24, 2.45) is 0 Å². The molecule has 0 radical (unpaired) electrons. The molecule has 0 aliphatic carbocycles. The maximum atomic E-state index is 12.7. The summed E-state index contributed by atoms with van der Waals surface area (Å²) in [5, 5.41) is 7.54. The van der Waals surface area contributed by atoms with Gasteiger partial charge in [0.1, 0.15) is 6.04 Å². The summed E-state index contributed by atoms with van der Waals surface area (Å²) in [4.78, 5) is 12.3. The predicted octanol–water partition coefficient (Wildman–Crippen LogP) is 2.93. The predicted molar refractivity (Wildman–Crippen MR) is 69.0 cm³/mol. The Labute approximate surface area is 119 Å². The summed E-state index contributed by atoms with van der Waals surface area (Å²) < 4.78 is 40.2. The summed E-state index contributed by atoms with van der Waals surface area (Å²) in [6, 6.07) is 1.77. The first-order valence-corrected chi connectivity index (χ1v) is 6.32. The quantitative estimate of drug-likeness (QED) is 0.857. The Balaban J connectivity index is 2.36. The van der Waals surface area contributed by atoms with Gasteiger partial charge in [-0.15, -0.1) is 0 Å². The third-order valence-electron chi connectivity index (χ3n) is 3.16. The van der Waals surface area contributed by atoms with Crippen LogP contribution in [0.4, 0.5) is 13.2 Å². The lowest BCUT2D eigenvalue weighted by Crippen LogP contribution is -2.26. The van der Waals surface area contributed by atoms with E-state index in [1.54, 1.807) is 19.9 Å². The standard InChI is InChI=1S/C13H15F3N4O/c1-7-5-8(2)20(17-7)12(21)10(4)19-9(3)6-11(18-19)13(14,15)16/h5-6,10H,1-4H3/t10-/m0/s1. The van der Waals surface area contributed by atoms with E-state index in [0.717, 1.165) is 10.7 Å². The van der Waals surface area contributed by atoms with E-state index >= 15 is 0 Å². The summed E-state index contributed by atoms with van der Waals surface area (Å²) >= 11 is 0. The van der Waals surface area contributed by atoms with Crippen molar-refractivity contribution in [1.82, 2.24) is 19.6 Å². The number of carbonyl (C=O) groups is 1. The van der Waals surface area contributed by atoms with Crippen molar-refractivity contribution in [2.75, 3.05) is 0 Å². The first-order valence-electron chi connectivity index (χ1n) is 6.32. The summed E-state index contributed by atoms with van der Waals surface area (Å²) in [5.74, 6) is -0.430. The lowest BCUT2D eigenvalue weighted by molar-refractivity contribution is -0.141. The van der Waals surface area contributed by atoms with Crippen LogP contribution in [0.2, 0.25) is 0 Å². The Morgan fingerprint density at radius 1 is 1.14 bits per heavy atom. The summed E-state index contributed by atoms with van der Waals surface area (Å²) in [6.07, 6.45) is -4.53. The van der Waals surface area contributed by atoms with Gasteiger partial charge in [-0.3, -0.25) is 9.48 Å². The smallest absolute Gasteiger partial charge is 0.270 e. The molecule has 2 aromatic heterocycles. The van der Waals surface area contributed by atoms with Crippen LogP contribution in [0.3, 0.4) is 0 Å². The van der Waals surface area contributed by atoms with Crippen LogP contribution in [-0.2, 0) is 6.18 Å². The monoisotopic (exact) mass is 300 g/mol. The van der Waals surface area contributed by atoms with Crippen molar-refractivity contribution in [2.45, 2.75) is 39.9 Å². The van der Waals surface area contributed by atoms with Crippen molar-refractivity contribution >= 4 is 5.91 Å². The molecular formula is C13H15F3N4O. The van der Waals surface area contributed by atoms with Gasteiger partial charge in [0, 0.05) is 11.4 Å². The number of hydrogen-bond acceptors (Lipinski definition) is 3. The Kier molecular flexibility index (Phi) is 3.65. The van der Waals surface area contributed by atoms with E-state index in [9.17, 15) is 18.0 Å². The van der Waals surface area contributed by atoms with Gasteiger partial charge in [-0.05, 0) is 39.8 Å². The second-order valence-corrected chi connectivity index (χ2v) is 4.97. The molecule has 0 N–H and O–H groups in total. The average molecular weight is 300 g/mol. The molecule has 114 valence electrons. The van der Waals surface area contributed by atoms with Crippen molar-refractivity contribution in [3.63, 3.8) is 0 Å². The van der Waals surface area contributed by atoms with Crippen LogP contribution in [0.15, 0.2) is 12.1 Å². The molecule has 0 amide bonds. The fourth-order valence-corrected chi connectivity index (χ4v) is 2.15. The highest BCUT2D eigenvalue weighted by Crippen LogP contribution is 2.29. The number of nitrogens with zero attached hydrogens (tertiary/aromatic N) is 4. The van der Waals surface area contributed by atoms with Crippen molar-refractivity contribution in [3.8, 4) is 0 Å². The zero-order valence-corrected chi connectivity index (χ0v) is 12.1. The van der Waals surface area contributed by atoms with Gasteiger partial charge in [0.25, 0.3) is 5.91 Å². The molecule has 0 saturated carbocycles. The molecule has 21 heavy (non-hydrogen) atoms. The van der Waals surface area contributed by atoms with Crippen molar-refractivity contribution in [1.29, 1.82) is 0 Å². The molecule has 0 spiro atoms. The number of aromatic nitrogens is 4. The normalized spacial score (nSPS) is 13.5. The average Bonchev–Trinajstić information content (AvgIpc) is 2.90. The van der Waals surface area contributed by atoms with Crippen LogP contribution >= 0.6 is 0 Å². The number of rotatable bonds is 2. The maximum absolute atomic E-state index is 12.7. The van der Waals surface area contributed by atoms with Crippen LogP contribution in [0.5, 0.6) is 0 Å². The van der Waals surface area contributed by atoms with Crippen LogP contribution in [0.1, 0.15) is 40.5 Å². The molecule has 1 atom stereocenters. The fourth-order valence-electron chi connectivity index (χ4n) is 2.15. The third-order valence-corrected chi connectivity index (χ3v) is 3.16. The van der Waals surface area contributed by atoms with Gasteiger partial charge in [-0.25, -0.2) is 4.68 Å². The first kappa shape index (κ1) is 15.3. The van der Waals surface area contributed by atoms with Gasteiger partial charge < -0.3 is 0 Å². The van der Waals surface area contributed by atoms with Gasteiger partial charge in [-0.1, -0.05) is 0 Å².